The zero-order valence-electron chi connectivity index (χ0n) is 10.6. The molecular formula is C12H18N4OS. The van der Waals surface area contributed by atoms with Gasteiger partial charge in [-0.2, -0.15) is 5.10 Å². The van der Waals surface area contributed by atoms with Gasteiger partial charge in [0.1, 0.15) is 0 Å². The van der Waals surface area contributed by atoms with E-state index in [2.05, 4.69) is 17.3 Å². The number of carbonyl (C=O) groups excluding carboxylic acids is 1. The quantitative estimate of drug-likeness (QED) is 0.788. The second-order valence-corrected chi connectivity index (χ2v) is 5.53. The lowest BCUT2D eigenvalue weighted by Crippen LogP contribution is -2.55. The Balaban J connectivity index is 1.99. The number of hydrogen-bond donors (Lipinski definition) is 2. The van der Waals surface area contributed by atoms with Crippen LogP contribution in [-0.2, 0) is 18.4 Å². The molecule has 1 aromatic rings. The van der Waals surface area contributed by atoms with Crippen molar-refractivity contribution in [1.82, 2.24) is 15.1 Å². The normalized spacial score (nSPS) is 26.4. The van der Waals surface area contributed by atoms with E-state index in [0.29, 0.717) is 17.5 Å². The molecule has 98 valence electrons. The van der Waals surface area contributed by atoms with Gasteiger partial charge in [-0.25, -0.2) is 0 Å². The highest BCUT2D eigenvalue weighted by Crippen LogP contribution is 2.45. The average Bonchev–Trinajstić information content (AvgIpc) is 2.66. The Bertz CT molecular complexity index is 476. The third kappa shape index (κ3) is 2.12. The average molecular weight is 266 g/mol. The molecule has 6 heteroatoms. The first kappa shape index (κ1) is 13.0. The van der Waals surface area contributed by atoms with Crippen LogP contribution < -0.4 is 11.1 Å². The summed E-state index contributed by atoms with van der Waals surface area (Å²) in [6.45, 7) is 2.55. The summed E-state index contributed by atoms with van der Waals surface area (Å²) in [5, 5.41) is 6.96. The number of hydrogen-bond acceptors (Lipinski definition) is 3. The van der Waals surface area contributed by atoms with E-state index in [0.717, 1.165) is 18.5 Å². The van der Waals surface area contributed by atoms with Gasteiger partial charge in [0.05, 0.1) is 22.6 Å². The lowest BCUT2D eigenvalue weighted by molar-refractivity contribution is -0.133. The number of amides is 1. The number of nitrogens with zero attached hydrogens (tertiary/aromatic N) is 2. The molecular weight excluding hydrogens is 248 g/mol. The maximum absolute atomic E-state index is 12.2. The molecule has 0 spiro atoms. The summed E-state index contributed by atoms with van der Waals surface area (Å²) < 4.78 is 1.73. The highest BCUT2D eigenvalue weighted by molar-refractivity contribution is 7.80. The molecule has 3 N–H and O–H groups in total. The van der Waals surface area contributed by atoms with E-state index in [9.17, 15) is 4.79 Å². The first-order valence-corrected chi connectivity index (χ1v) is 6.41. The molecule has 0 aliphatic heterocycles. The number of aromatic nitrogens is 2. The molecule has 5 nitrogen and oxygen atoms in total. The minimum Gasteiger partial charge on any atom is -0.392 e. The number of aryl methyl sites for hydroxylation is 1. The summed E-state index contributed by atoms with van der Waals surface area (Å²) >= 11 is 5.05. The van der Waals surface area contributed by atoms with Gasteiger partial charge in [-0.1, -0.05) is 19.1 Å². The highest BCUT2D eigenvalue weighted by atomic mass is 32.1. The molecule has 0 saturated heterocycles. The Morgan fingerprint density at radius 3 is 2.83 bits per heavy atom. The standard InChI is InChI=1S/C12H18N4OS/c1-8-5-12(6-8,10(13)18)11(17)14-7-9-3-4-15-16(9)2/h3-4,8H,5-7H2,1-2H3,(H2,13,18)(H,14,17). The lowest BCUT2D eigenvalue weighted by Gasteiger charge is -2.44. The van der Waals surface area contributed by atoms with Crippen molar-refractivity contribution in [1.29, 1.82) is 0 Å². The zero-order chi connectivity index (χ0) is 13.3. The Hall–Kier alpha value is -1.43. The summed E-state index contributed by atoms with van der Waals surface area (Å²) in [6.07, 6.45) is 3.20. The summed E-state index contributed by atoms with van der Waals surface area (Å²) in [4.78, 5) is 12.5. The SMILES string of the molecule is CC1CC(C(=O)NCc2ccnn2C)(C(N)=S)C1. The second kappa shape index (κ2) is 4.68. The van der Waals surface area contributed by atoms with E-state index in [1.807, 2.05) is 13.1 Å². The van der Waals surface area contributed by atoms with Crippen molar-refractivity contribution in [2.75, 3.05) is 0 Å². The van der Waals surface area contributed by atoms with Crippen LogP contribution in [-0.4, -0.2) is 20.7 Å². The zero-order valence-corrected chi connectivity index (χ0v) is 11.5. The van der Waals surface area contributed by atoms with E-state index in [4.69, 9.17) is 18.0 Å². The van der Waals surface area contributed by atoms with E-state index >= 15 is 0 Å². The van der Waals surface area contributed by atoms with Gasteiger partial charge < -0.3 is 11.1 Å². The van der Waals surface area contributed by atoms with E-state index in [1.165, 1.54) is 0 Å². The van der Waals surface area contributed by atoms with Crippen molar-refractivity contribution in [2.24, 2.45) is 24.1 Å². The fourth-order valence-corrected chi connectivity index (χ4v) is 2.80. The third-order valence-corrected chi connectivity index (χ3v) is 4.04. The smallest absolute Gasteiger partial charge is 0.233 e. The molecule has 1 aliphatic rings. The molecule has 0 bridgehead atoms. The fourth-order valence-electron chi connectivity index (χ4n) is 2.54. The van der Waals surface area contributed by atoms with Crippen molar-refractivity contribution in [3.8, 4) is 0 Å². The Labute approximate surface area is 112 Å². The second-order valence-electron chi connectivity index (χ2n) is 5.09. The molecule has 1 aliphatic carbocycles. The summed E-state index contributed by atoms with van der Waals surface area (Å²) in [5.41, 5.74) is 6.05. The minimum absolute atomic E-state index is 0.0608. The van der Waals surface area contributed by atoms with Crippen LogP contribution in [0.2, 0.25) is 0 Å². The van der Waals surface area contributed by atoms with Crippen LogP contribution in [0.1, 0.15) is 25.5 Å². The van der Waals surface area contributed by atoms with Gasteiger partial charge >= 0.3 is 0 Å². The van der Waals surface area contributed by atoms with Gasteiger partial charge in [-0.05, 0) is 24.8 Å². The van der Waals surface area contributed by atoms with Gasteiger partial charge in [0.15, 0.2) is 0 Å². The maximum atomic E-state index is 12.2. The van der Waals surface area contributed by atoms with Crippen LogP contribution in [0.3, 0.4) is 0 Å². The Morgan fingerprint density at radius 1 is 1.72 bits per heavy atom. The van der Waals surface area contributed by atoms with Crippen LogP contribution in [0.4, 0.5) is 0 Å². The molecule has 2 rings (SSSR count). The molecule has 0 aromatic carbocycles. The monoisotopic (exact) mass is 266 g/mol. The lowest BCUT2D eigenvalue weighted by atomic mass is 9.62. The molecule has 1 heterocycles. The van der Waals surface area contributed by atoms with Crippen molar-refractivity contribution < 1.29 is 4.79 Å². The van der Waals surface area contributed by atoms with E-state index < -0.39 is 5.41 Å². The van der Waals surface area contributed by atoms with Gasteiger partial charge in [0.25, 0.3) is 0 Å². The minimum atomic E-state index is -0.632. The molecule has 1 fully saturated rings. The van der Waals surface area contributed by atoms with Crippen LogP contribution in [0.5, 0.6) is 0 Å². The van der Waals surface area contributed by atoms with Crippen molar-refractivity contribution in [2.45, 2.75) is 26.3 Å². The largest absolute Gasteiger partial charge is 0.392 e. The predicted octanol–water partition coefficient (Wildman–Crippen LogP) is 0.739. The van der Waals surface area contributed by atoms with E-state index in [-0.39, 0.29) is 5.91 Å². The molecule has 0 atom stereocenters. The summed E-state index contributed by atoms with van der Waals surface area (Å²) in [6, 6.07) is 1.87. The number of carbonyl (C=O) groups is 1. The molecule has 1 amide bonds. The van der Waals surface area contributed by atoms with Crippen LogP contribution in [0, 0.1) is 11.3 Å². The van der Waals surface area contributed by atoms with Crippen molar-refractivity contribution >= 4 is 23.1 Å². The molecule has 1 aromatic heterocycles. The summed E-state index contributed by atoms with van der Waals surface area (Å²) in [7, 11) is 1.84. The van der Waals surface area contributed by atoms with Crippen molar-refractivity contribution in [3.63, 3.8) is 0 Å². The van der Waals surface area contributed by atoms with Crippen molar-refractivity contribution in [3.05, 3.63) is 18.0 Å². The van der Waals surface area contributed by atoms with Crippen LogP contribution >= 0.6 is 12.2 Å². The number of nitrogens with one attached hydrogen (secondary N) is 1. The Kier molecular flexibility index (Phi) is 3.38. The Morgan fingerprint density at radius 2 is 2.39 bits per heavy atom. The number of thiocarbonyl (C=S) groups is 1. The number of rotatable bonds is 4. The van der Waals surface area contributed by atoms with Gasteiger partial charge in [0.2, 0.25) is 5.91 Å². The van der Waals surface area contributed by atoms with Gasteiger partial charge in [0, 0.05) is 13.2 Å². The third-order valence-electron chi connectivity index (χ3n) is 3.65. The number of nitrogens with two attached hydrogens (primary N) is 1. The highest BCUT2D eigenvalue weighted by Gasteiger charge is 2.50. The van der Waals surface area contributed by atoms with Crippen LogP contribution in [0.25, 0.3) is 0 Å². The molecule has 0 radical (unpaired) electrons. The van der Waals surface area contributed by atoms with Gasteiger partial charge in [-0.3, -0.25) is 9.48 Å². The van der Waals surface area contributed by atoms with Gasteiger partial charge in [-0.15, -0.1) is 0 Å². The molecule has 0 unspecified atom stereocenters. The summed E-state index contributed by atoms with van der Waals surface area (Å²) in [5.74, 6) is 0.447. The van der Waals surface area contributed by atoms with E-state index in [1.54, 1.807) is 10.9 Å². The fraction of sp³-hybridized carbons (Fsp3) is 0.583. The maximum Gasteiger partial charge on any atom is 0.233 e. The molecule has 1 saturated carbocycles. The molecule has 18 heavy (non-hydrogen) atoms. The predicted molar refractivity (Wildman–Crippen MR) is 72.7 cm³/mol. The first-order valence-electron chi connectivity index (χ1n) is 6.01. The van der Waals surface area contributed by atoms with Crippen LogP contribution in [0.15, 0.2) is 12.3 Å². The first-order chi connectivity index (χ1) is 8.45. The topological polar surface area (TPSA) is 72.9 Å².